The first-order valence-electron chi connectivity index (χ1n) is 9.72. The van der Waals surface area contributed by atoms with Gasteiger partial charge in [-0.15, -0.1) is 0 Å². The molecule has 1 amide bonds. The molecule has 0 aliphatic carbocycles. The summed E-state index contributed by atoms with van der Waals surface area (Å²) in [6.45, 7) is 1.70. The van der Waals surface area contributed by atoms with Gasteiger partial charge in [-0.2, -0.15) is 0 Å². The van der Waals surface area contributed by atoms with Crippen LogP contribution in [0.1, 0.15) is 42.5 Å². The molecule has 0 bridgehead atoms. The van der Waals surface area contributed by atoms with Gasteiger partial charge in [0.05, 0.1) is 16.7 Å². The summed E-state index contributed by atoms with van der Waals surface area (Å²) in [5.74, 6) is -1.03. The number of rotatable bonds is 7. The third-order valence-corrected chi connectivity index (χ3v) is 6.92. The van der Waals surface area contributed by atoms with E-state index in [0.717, 1.165) is 38.2 Å². The molecule has 10 heteroatoms. The molecule has 1 aromatic carbocycles. The van der Waals surface area contributed by atoms with Crippen molar-refractivity contribution in [3.8, 4) is 0 Å². The molecule has 0 aromatic heterocycles. The Kier molecular flexibility index (Phi) is 7.50. The summed E-state index contributed by atoms with van der Waals surface area (Å²) in [5.41, 5.74) is 0.0123. The molecule has 2 saturated heterocycles. The molecule has 160 valence electrons. The van der Waals surface area contributed by atoms with Crippen LogP contribution in [0.2, 0.25) is 5.02 Å². The van der Waals surface area contributed by atoms with E-state index in [0.29, 0.717) is 19.7 Å². The van der Waals surface area contributed by atoms with Crippen molar-refractivity contribution in [2.75, 3.05) is 32.8 Å². The van der Waals surface area contributed by atoms with Gasteiger partial charge >= 0.3 is 5.97 Å². The molecular formula is C19H25ClN2O6S. The van der Waals surface area contributed by atoms with Crippen LogP contribution >= 0.6 is 11.6 Å². The molecule has 8 nitrogen and oxygen atoms in total. The number of carbonyl (C=O) groups excluding carboxylic acids is 2. The number of sulfonamides is 1. The van der Waals surface area contributed by atoms with Crippen molar-refractivity contribution in [1.82, 2.24) is 9.62 Å². The number of ether oxygens (including phenoxy) is 2. The van der Waals surface area contributed by atoms with E-state index in [4.69, 9.17) is 21.1 Å². The first-order chi connectivity index (χ1) is 13.9. The van der Waals surface area contributed by atoms with Crippen molar-refractivity contribution >= 4 is 33.5 Å². The SMILES string of the molecule is O=C(OCC(=O)N1CCCCC1)c1ccc(Cl)c(S(=O)(=O)NCC2CCCO2)c1. The summed E-state index contributed by atoms with van der Waals surface area (Å²) in [7, 11) is -3.93. The number of nitrogens with zero attached hydrogens (tertiary/aromatic N) is 1. The van der Waals surface area contributed by atoms with Gasteiger partial charge in [-0.25, -0.2) is 17.9 Å². The standard InChI is InChI=1S/C19H25ClN2O6S/c20-16-7-6-14(19(24)28-13-18(23)22-8-2-1-3-9-22)11-17(16)29(25,26)21-12-15-5-4-10-27-15/h6-7,11,15,21H,1-5,8-10,12-13H2. The van der Waals surface area contributed by atoms with E-state index < -0.39 is 16.0 Å². The first-order valence-corrected chi connectivity index (χ1v) is 11.6. The van der Waals surface area contributed by atoms with E-state index in [1.807, 2.05) is 0 Å². The van der Waals surface area contributed by atoms with E-state index >= 15 is 0 Å². The second kappa shape index (κ2) is 9.88. The second-order valence-electron chi connectivity index (χ2n) is 7.15. The lowest BCUT2D eigenvalue weighted by Crippen LogP contribution is -2.38. The summed E-state index contributed by atoms with van der Waals surface area (Å²) >= 11 is 6.05. The molecule has 3 rings (SSSR count). The first kappa shape index (κ1) is 22.0. The number of hydrogen-bond acceptors (Lipinski definition) is 6. The lowest BCUT2D eigenvalue weighted by Gasteiger charge is -2.26. The van der Waals surface area contributed by atoms with Crippen LogP contribution in [0.25, 0.3) is 0 Å². The largest absolute Gasteiger partial charge is 0.452 e. The smallest absolute Gasteiger partial charge is 0.338 e. The molecule has 2 heterocycles. The number of amides is 1. The van der Waals surface area contributed by atoms with Gasteiger partial charge in [-0.05, 0) is 50.3 Å². The number of carbonyl (C=O) groups is 2. The normalized spacial score (nSPS) is 19.9. The zero-order valence-electron chi connectivity index (χ0n) is 16.1. The fraction of sp³-hybridized carbons (Fsp3) is 0.579. The third-order valence-electron chi connectivity index (χ3n) is 5.02. The molecule has 2 aliphatic heterocycles. The van der Waals surface area contributed by atoms with Crippen molar-refractivity contribution in [2.45, 2.75) is 43.1 Å². The molecular weight excluding hydrogens is 420 g/mol. The maximum absolute atomic E-state index is 12.6. The summed E-state index contributed by atoms with van der Waals surface area (Å²) in [5, 5.41) is -0.00853. The Morgan fingerprint density at radius 2 is 1.97 bits per heavy atom. The molecule has 2 fully saturated rings. The minimum absolute atomic E-state index is 0.00853. The van der Waals surface area contributed by atoms with Crippen molar-refractivity contribution in [3.63, 3.8) is 0 Å². The lowest BCUT2D eigenvalue weighted by molar-refractivity contribution is -0.135. The van der Waals surface area contributed by atoms with Crippen molar-refractivity contribution in [3.05, 3.63) is 28.8 Å². The summed E-state index contributed by atoms with van der Waals surface area (Å²) < 4.78 is 38.1. The van der Waals surface area contributed by atoms with Gasteiger partial charge < -0.3 is 14.4 Å². The van der Waals surface area contributed by atoms with Gasteiger partial charge in [0.2, 0.25) is 10.0 Å². The quantitative estimate of drug-likeness (QED) is 0.645. The highest BCUT2D eigenvalue weighted by molar-refractivity contribution is 7.89. The highest BCUT2D eigenvalue weighted by Gasteiger charge is 2.24. The number of nitrogens with one attached hydrogen (secondary N) is 1. The van der Waals surface area contributed by atoms with Crippen LogP contribution < -0.4 is 4.72 Å². The van der Waals surface area contributed by atoms with Crippen LogP contribution in [0.4, 0.5) is 0 Å². The average molecular weight is 445 g/mol. The molecule has 0 radical (unpaired) electrons. The van der Waals surface area contributed by atoms with E-state index in [1.54, 1.807) is 4.90 Å². The van der Waals surface area contributed by atoms with E-state index in [9.17, 15) is 18.0 Å². The Hall–Kier alpha value is -1.68. The predicted octanol–water partition coefficient (Wildman–Crippen LogP) is 1.97. The van der Waals surface area contributed by atoms with Gasteiger partial charge in [0, 0.05) is 26.2 Å². The highest BCUT2D eigenvalue weighted by Crippen LogP contribution is 2.23. The van der Waals surface area contributed by atoms with Crippen LogP contribution in [0.3, 0.4) is 0 Å². The van der Waals surface area contributed by atoms with E-state index in [2.05, 4.69) is 4.72 Å². The van der Waals surface area contributed by atoms with E-state index in [1.165, 1.54) is 12.1 Å². The minimum Gasteiger partial charge on any atom is -0.452 e. The Morgan fingerprint density at radius 3 is 2.66 bits per heavy atom. The topological polar surface area (TPSA) is 102 Å². The summed E-state index contributed by atoms with van der Waals surface area (Å²) in [4.78, 5) is 25.9. The molecule has 1 N–H and O–H groups in total. The van der Waals surface area contributed by atoms with Crippen LogP contribution in [-0.2, 0) is 24.3 Å². The zero-order valence-corrected chi connectivity index (χ0v) is 17.6. The highest BCUT2D eigenvalue weighted by atomic mass is 35.5. The van der Waals surface area contributed by atoms with Crippen molar-refractivity contribution < 1.29 is 27.5 Å². The second-order valence-corrected chi connectivity index (χ2v) is 9.29. The molecule has 0 spiro atoms. The predicted molar refractivity (Wildman–Crippen MR) is 106 cm³/mol. The lowest BCUT2D eigenvalue weighted by atomic mass is 10.1. The summed E-state index contributed by atoms with van der Waals surface area (Å²) in [6, 6.07) is 3.86. The van der Waals surface area contributed by atoms with Gasteiger partial charge in [0.1, 0.15) is 4.90 Å². The molecule has 1 aromatic rings. The molecule has 1 atom stereocenters. The number of piperidine rings is 1. The number of hydrogen-bond donors (Lipinski definition) is 1. The Labute approximate surface area is 175 Å². The molecule has 0 saturated carbocycles. The van der Waals surface area contributed by atoms with Crippen LogP contribution in [0.5, 0.6) is 0 Å². The van der Waals surface area contributed by atoms with Gasteiger partial charge in [-0.3, -0.25) is 4.79 Å². The maximum Gasteiger partial charge on any atom is 0.338 e. The van der Waals surface area contributed by atoms with Crippen LogP contribution in [-0.4, -0.2) is 64.1 Å². The monoisotopic (exact) mass is 444 g/mol. The number of esters is 1. The van der Waals surface area contributed by atoms with E-state index in [-0.39, 0.29) is 40.6 Å². The van der Waals surface area contributed by atoms with Gasteiger partial charge in [0.25, 0.3) is 5.91 Å². The molecule has 29 heavy (non-hydrogen) atoms. The minimum atomic E-state index is -3.93. The van der Waals surface area contributed by atoms with Crippen LogP contribution in [0.15, 0.2) is 23.1 Å². The number of benzene rings is 1. The number of likely N-dealkylation sites (tertiary alicyclic amines) is 1. The molecule has 1 unspecified atom stereocenters. The number of halogens is 1. The Balaban J connectivity index is 1.62. The average Bonchev–Trinajstić information content (AvgIpc) is 3.25. The van der Waals surface area contributed by atoms with Crippen LogP contribution in [0, 0.1) is 0 Å². The zero-order chi connectivity index (χ0) is 20.9. The Bertz CT molecular complexity index is 848. The Morgan fingerprint density at radius 1 is 1.21 bits per heavy atom. The fourth-order valence-electron chi connectivity index (χ4n) is 3.37. The van der Waals surface area contributed by atoms with Crippen molar-refractivity contribution in [2.24, 2.45) is 0 Å². The summed E-state index contributed by atoms with van der Waals surface area (Å²) in [6.07, 6.45) is 4.48. The fourth-order valence-corrected chi connectivity index (χ4v) is 4.96. The molecule has 2 aliphatic rings. The third kappa shape index (κ3) is 5.91. The van der Waals surface area contributed by atoms with Crippen molar-refractivity contribution in [1.29, 1.82) is 0 Å². The maximum atomic E-state index is 12.6. The van der Waals surface area contributed by atoms with Gasteiger partial charge in [0.15, 0.2) is 6.61 Å². The van der Waals surface area contributed by atoms with Gasteiger partial charge in [-0.1, -0.05) is 11.6 Å².